The van der Waals surface area contributed by atoms with Gasteiger partial charge in [0, 0.05) is 37.3 Å². The predicted octanol–water partition coefficient (Wildman–Crippen LogP) is 0.112. The SMILES string of the molecule is COc1cc(C(=O)N[C@H]2[C@H]3CCO[C@H]3[C@@H]2NC(C)=O)ccn1. The number of carbonyl (C=O) groups is 2. The van der Waals surface area contributed by atoms with Crippen LogP contribution in [0.25, 0.3) is 0 Å². The first-order valence-electron chi connectivity index (χ1n) is 7.30. The number of amides is 2. The van der Waals surface area contributed by atoms with Crippen molar-refractivity contribution >= 4 is 11.8 Å². The van der Waals surface area contributed by atoms with Crippen LogP contribution in [0.15, 0.2) is 18.3 Å². The van der Waals surface area contributed by atoms with E-state index in [1.807, 2.05) is 0 Å². The number of methoxy groups -OCH3 is 1. The summed E-state index contributed by atoms with van der Waals surface area (Å²) < 4.78 is 10.6. The smallest absolute Gasteiger partial charge is 0.251 e. The molecule has 3 rings (SSSR count). The van der Waals surface area contributed by atoms with Crippen molar-refractivity contribution in [2.45, 2.75) is 31.5 Å². The summed E-state index contributed by atoms with van der Waals surface area (Å²) >= 11 is 0. The minimum absolute atomic E-state index is 0.00109. The van der Waals surface area contributed by atoms with E-state index in [2.05, 4.69) is 15.6 Å². The Morgan fingerprint density at radius 3 is 2.91 bits per heavy atom. The van der Waals surface area contributed by atoms with Gasteiger partial charge in [-0.15, -0.1) is 0 Å². The highest BCUT2D eigenvalue weighted by Gasteiger charge is 2.54. The molecule has 0 aromatic carbocycles. The minimum Gasteiger partial charge on any atom is -0.481 e. The Morgan fingerprint density at radius 1 is 1.36 bits per heavy atom. The lowest BCUT2D eigenvalue weighted by atomic mass is 9.71. The van der Waals surface area contributed by atoms with Crippen molar-refractivity contribution in [2.24, 2.45) is 5.92 Å². The molecule has 2 N–H and O–H groups in total. The van der Waals surface area contributed by atoms with Crippen molar-refractivity contribution < 1.29 is 19.1 Å². The molecule has 2 fully saturated rings. The normalized spacial score (nSPS) is 29.2. The van der Waals surface area contributed by atoms with Gasteiger partial charge >= 0.3 is 0 Å². The van der Waals surface area contributed by atoms with Gasteiger partial charge in [-0.2, -0.15) is 0 Å². The van der Waals surface area contributed by atoms with Gasteiger partial charge in [-0.05, 0) is 12.5 Å². The minimum atomic E-state index is -0.202. The molecule has 2 amide bonds. The number of hydrogen-bond donors (Lipinski definition) is 2. The molecule has 1 saturated carbocycles. The van der Waals surface area contributed by atoms with Gasteiger partial charge in [-0.3, -0.25) is 9.59 Å². The van der Waals surface area contributed by atoms with Crippen LogP contribution in [0.2, 0.25) is 0 Å². The van der Waals surface area contributed by atoms with Crippen molar-refractivity contribution in [3.63, 3.8) is 0 Å². The van der Waals surface area contributed by atoms with Crippen LogP contribution in [0.5, 0.6) is 5.88 Å². The molecule has 0 unspecified atom stereocenters. The van der Waals surface area contributed by atoms with Crippen molar-refractivity contribution in [2.75, 3.05) is 13.7 Å². The van der Waals surface area contributed by atoms with E-state index >= 15 is 0 Å². The maximum atomic E-state index is 12.4. The van der Waals surface area contributed by atoms with Gasteiger partial charge in [0.15, 0.2) is 0 Å². The standard InChI is InChI=1S/C15H19N3O4/c1-8(19)17-13-12(10-4-6-22-14(10)13)18-15(20)9-3-5-16-11(7-9)21-2/h3,5,7,10,12-14H,4,6H2,1-2H3,(H,17,19)(H,18,20)/t10-,12+,13-,14-/m1/s1. The zero-order valence-electron chi connectivity index (χ0n) is 12.5. The van der Waals surface area contributed by atoms with E-state index in [0.29, 0.717) is 18.1 Å². The lowest BCUT2D eigenvalue weighted by Gasteiger charge is -2.47. The highest BCUT2D eigenvalue weighted by atomic mass is 16.5. The lowest BCUT2D eigenvalue weighted by molar-refractivity contribution is -0.123. The van der Waals surface area contributed by atoms with E-state index in [4.69, 9.17) is 9.47 Å². The molecule has 2 heterocycles. The van der Waals surface area contributed by atoms with Crippen LogP contribution >= 0.6 is 0 Å². The Bertz CT molecular complexity index is 592. The molecular weight excluding hydrogens is 286 g/mol. The average Bonchev–Trinajstić information content (AvgIpc) is 2.94. The Morgan fingerprint density at radius 2 is 2.18 bits per heavy atom. The summed E-state index contributed by atoms with van der Waals surface area (Å²) in [5, 5.41) is 5.86. The molecule has 1 aliphatic heterocycles. The van der Waals surface area contributed by atoms with Gasteiger partial charge in [-0.25, -0.2) is 4.98 Å². The molecule has 2 aliphatic rings. The molecule has 118 valence electrons. The first-order valence-corrected chi connectivity index (χ1v) is 7.30. The van der Waals surface area contributed by atoms with Crippen molar-refractivity contribution in [3.05, 3.63) is 23.9 Å². The Kier molecular flexibility index (Phi) is 3.98. The molecule has 7 nitrogen and oxygen atoms in total. The summed E-state index contributed by atoms with van der Waals surface area (Å²) in [6.07, 6.45) is 2.42. The quantitative estimate of drug-likeness (QED) is 0.824. The fourth-order valence-corrected chi connectivity index (χ4v) is 3.21. The number of ether oxygens (including phenoxy) is 2. The molecule has 1 aliphatic carbocycles. The topological polar surface area (TPSA) is 89.5 Å². The molecular formula is C15H19N3O4. The number of hydrogen-bond acceptors (Lipinski definition) is 5. The molecule has 7 heteroatoms. The van der Waals surface area contributed by atoms with E-state index in [1.165, 1.54) is 20.2 Å². The zero-order valence-corrected chi connectivity index (χ0v) is 12.5. The number of rotatable bonds is 4. The van der Waals surface area contributed by atoms with Crippen LogP contribution in [-0.2, 0) is 9.53 Å². The largest absolute Gasteiger partial charge is 0.481 e. The second kappa shape index (κ2) is 5.92. The number of nitrogens with zero attached hydrogens (tertiary/aromatic N) is 1. The third-order valence-electron chi connectivity index (χ3n) is 4.26. The third-order valence-corrected chi connectivity index (χ3v) is 4.26. The summed E-state index contributed by atoms with van der Waals surface area (Å²) in [5.74, 6) is 0.321. The van der Waals surface area contributed by atoms with Crippen LogP contribution in [0.1, 0.15) is 23.7 Å². The maximum absolute atomic E-state index is 12.4. The number of carbonyl (C=O) groups excluding carboxylic acids is 2. The number of nitrogens with one attached hydrogen (secondary N) is 2. The van der Waals surface area contributed by atoms with E-state index in [0.717, 1.165) is 6.42 Å². The molecule has 1 saturated heterocycles. The monoisotopic (exact) mass is 305 g/mol. The first kappa shape index (κ1) is 14.8. The van der Waals surface area contributed by atoms with Crippen molar-refractivity contribution in [3.8, 4) is 5.88 Å². The van der Waals surface area contributed by atoms with Gasteiger partial charge in [0.2, 0.25) is 11.8 Å². The van der Waals surface area contributed by atoms with Gasteiger partial charge in [0.25, 0.3) is 5.91 Å². The molecule has 0 radical (unpaired) electrons. The molecule has 0 bridgehead atoms. The Balaban J connectivity index is 1.70. The highest BCUT2D eigenvalue weighted by Crippen LogP contribution is 2.39. The van der Waals surface area contributed by atoms with E-state index in [1.54, 1.807) is 12.1 Å². The summed E-state index contributed by atoms with van der Waals surface area (Å²) in [5.41, 5.74) is 0.482. The van der Waals surface area contributed by atoms with Crippen molar-refractivity contribution in [1.29, 1.82) is 0 Å². The number of aromatic nitrogens is 1. The molecule has 22 heavy (non-hydrogen) atoms. The maximum Gasteiger partial charge on any atom is 0.251 e. The van der Waals surface area contributed by atoms with Gasteiger partial charge in [0.05, 0.1) is 25.3 Å². The summed E-state index contributed by atoms with van der Waals surface area (Å²) in [6, 6.07) is 2.94. The van der Waals surface area contributed by atoms with Gasteiger partial charge < -0.3 is 20.1 Å². The first-order chi connectivity index (χ1) is 10.6. The van der Waals surface area contributed by atoms with E-state index in [9.17, 15) is 9.59 Å². The summed E-state index contributed by atoms with van der Waals surface area (Å²) in [7, 11) is 1.50. The van der Waals surface area contributed by atoms with Crippen LogP contribution in [-0.4, -0.2) is 48.7 Å². The van der Waals surface area contributed by atoms with Crippen LogP contribution in [0, 0.1) is 5.92 Å². The molecule has 4 atom stereocenters. The van der Waals surface area contributed by atoms with Crippen LogP contribution < -0.4 is 15.4 Å². The number of fused-ring (bicyclic) bond motifs is 1. The third kappa shape index (κ3) is 2.64. The summed E-state index contributed by atoms with van der Waals surface area (Å²) in [4.78, 5) is 27.7. The van der Waals surface area contributed by atoms with Crippen LogP contribution in [0.3, 0.4) is 0 Å². The zero-order chi connectivity index (χ0) is 15.7. The number of pyridine rings is 1. The summed E-state index contributed by atoms with van der Waals surface area (Å²) in [6.45, 7) is 2.13. The second-order valence-corrected chi connectivity index (χ2v) is 5.60. The predicted molar refractivity (Wildman–Crippen MR) is 77.5 cm³/mol. The Hall–Kier alpha value is -2.15. The van der Waals surface area contributed by atoms with Crippen molar-refractivity contribution in [1.82, 2.24) is 15.6 Å². The molecule has 0 spiro atoms. The fourth-order valence-electron chi connectivity index (χ4n) is 3.21. The average molecular weight is 305 g/mol. The molecule has 1 aromatic heterocycles. The fraction of sp³-hybridized carbons (Fsp3) is 0.533. The highest BCUT2D eigenvalue weighted by molar-refractivity contribution is 5.94. The molecule has 1 aromatic rings. The Labute approximate surface area is 128 Å². The second-order valence-electron chi connectivity index (χ2n) is 5.60. The van der Waals surface area contributed by atoms with Gasteiger partial charge in [0.1, 0.15) is 0 Å². The van der Waals surface area contributed by atoms with Gasteiger partial charge in [-0.1, -0.05) is 0 Å². The van der Waals surface area contributed by atoms with Crippen LogP contribution in [0.4, 0.5) is 0 Å². The van der Waals surface area contributed by atoms with E-state index < -0.39 is 0 Å². The lowest BCUT2D eigenvalue weighted by Crippen LogP contribution is -2.70. The van der Waals surface area contributed by atoms with E-state index in [-0.39, 0.29) is 35.9 Å².